The zero-order valence-corrected chi connectivity index (χ0v) is 9.32. The summed E-state index contributed by atoms with van der Waals surface area (Å²) in [6.45, 7) is -1.25. The summed E-state index contributed by atoms with van der Waals surface area (Å²) in [5.41, 5.74) is 5.83. The van der Waals surface area contributed by atoms with Crippen LogP contribution in [0.2, 0.25) is 0 Å². The van der Waals surface area contributed by atoms with Gasteiger partial charge in [-0.2, -0.15) is 8.78 Å². The third kappa shape index (κ3) is 4.36. The average molecular weight is 244 g/mol. The number of nitrogens with one attached hydrogen (secondary N) is 1. The molecule has 0 fully saturated rings. The van der Waals surface area contributed by atoms with Crippen LogP contribution in [-0.4, -0.2) is 18.6 Å². The molecule has 1 atom stereocenters. The van der Waals surface area contributed by atoms with E-state index in [9.17, 15) is 13.6 Å². The van der Waals surface area contributed by atoms with E-state index in [0.717, 1.165) is 0 Å². The van der Waals surface area contributed by atoms with Crippen LogP contribution in [-0.2, 0) is 11.3 Å². The van der Waals surface area contributed by atoms with Gasteiger partial charge in [0.05, 0.1) is 6.04 Å². The normalized spacial score (nSPS) is 12.3. The van der Waals surface area contributed by atoms with Crippen LogP contribution in [0.25, 0.3) is 0 Å². The molecule has 94 valence electrons. The second kappa shape index (κ2) is 6.15. The second-order valence-electron chi connectivity index (χ2n) is 3.49. The topological polar surface area (TPSA) is 64.4 Å². The van der Waals surface area contributed by atoms with Gasteiger partial charge >= 0.3 is 6.61 Å². The van der Waals surface area contributed by atoms with Crippen LogP contribution in [0, 0.1) is 0 Å². The maximum Gasteiger partial charge on any atom is 0.387 e. The number of hydrogen-bond donors (Lipinski definition) is 2. The number of amides is 1. The Morgan fingerprint density at radius 2 is 2.12 bits per heavy atom. The van der Waals surface area contributed by atoms with Gasteiger partial charge in [0.15, 0.2) is 0 Å². The minimum Gasteiger partial charge on any atom is -0.434 e. The summed E-state index contributed by atoms with van der Waals surface area (Å²) in [5.74, 6) is -0.302. The highest BCUT2D eigenvalue weighted by molar-refractivity contribution is 5.80. The summed E-state index contributed by atoms with van der Waals surface area (Å²) < 4.78 is 28.5. The maximum atomic E-state index is 12.1. The molecule has 0 aliphatic rings. The van der Waals surface area contributed by atoms with Gasteiger partial charge in [0.1, 0.15) is 5.75 Å². The quantitative estimate of drug-likeness (QED) is 0.819. The molecule has 0 aliphatic carbocycles. The molecule has 0 aromatic heterocycles. The fourth-order valence-electron chi connectivity index (χ4n) is 1.20. The fraction of sp³-hybridized carbons (Fsp3) is 0.364. The standard InChI is InChI=1S/C11H14F2N2O2/c1-7(14)10(16)15-6-8-4-2-3-5-9(8)17-11(12)13/h2-5,7,11H,6,14H2,1H3,(H,15,16)/t7-/m1/s1. The van der Waals surface area contributed by atoms with Gasteiger partial charge < -0.3 is 15.8 Å². The van der Waals surface area contributed by atoms with Crippen molar-refractivity contribution in [1.82, 2.24) is 5.32 Å². The third-order valence-electron chi connectivity index (χ3n) is 2.06. The van der Waals surface area contributed by atoms with Crippen molar-refractivity contribution in [3.05, 3.63) is 29.8 Å². The first-order valence-electron chi connectivity index (χ1n) is 5.06. The largest absolute Gasteiger partial charge is 0.434 e. The molecule has 1 aromatic rings. The minimum absolute atomic E-state index is 0.0486. The molecule has 0 aliphatic heterocycles. The molecule has 0 heterocycles. The molecule has 0 saturated carbocycles. The van der Waals surface area contributed by atoms with E-state index in [1.807, 2.05) is 0 Å². The lowest BCUT2D eigenvalue weighted by atomic mass is 10.2. The second-order valence-corrected chi connectivity index (χ2v) is 3.49. The summed E-state index contributed by atoms with van der Waals surface area (Å²) in [7, 11) is 0. The van der Waals surface area contributed by atoms with Gasteiger partial charge in [-0.15, -0.1) is 0 Å². The fourth-order valence-corrected chi connectivity index (χ4v) is 1.20. The van der Waals surface area contributed by atoms with Crippen LogP contribution in [0.15, 0.2) is 24.3 Å². The minimum atomic E-state index is -2.89. The Labute approximate surface area is 97.8 Å². The highest BCUT2D eigenvalue weighted by Crippen LogP contribution is 2.19. The molecule has 1 rings (SSSR count). The van der Waals surface area contributed by atoms with E-state index in [4.69, 9.17) is 5.73 Å². The molecule has 1 amide bonds. The molecule has 0 unspecified atom stereocenters. The van der Waals surface area contributed by atoms with Crippen molar-refractivity contribution in [2.24, 2.45) is 5.73 Å². The highest BCUT2D eigenvalue weighted by Gasteiger charge is 2.11. The predicted molar refractivity (Wildman–Crippen MR) is 58.6 cm³/mol. The first-order valence-corrected chi connectivity index (χ1v) is 5.06. The molecule has 3 N–H and O–H groups in total. The van der Waals surface area contributed by atoms with Crippen molar-refractivity contribution >= 4 is 5.91 Å². The Hall–Kier alpha value is -1.69. The molecule has 0 saturated heterocycles. The van der Waals surface area contributed by atoms with Crippen LogP contribution in [0.1, 0.15) is 12.5 Å². The van der Waals surface area contributed by atoms with Gasteiger partial charge in [-0.3, -0.25) is 4.79 Å². The van der Waals surface area contributed by atoms with Gasteiger partial charge in [-0.1, -0.05) is 18.2 Å². The SMILES string of the molecule is C[C@@H](N)C(=O)NCc1ccccc1OC(F)F. The number of nitrogens with two attached hydrogens (primary N) is 1. The zero-order valence-electron chi connectivity index (χ0n) is 9.32. The number of hydrogen-bond acceptors (Lipinski definition) is 3. The van der Waals surface area contributed by atoms with Crippen LogP contribution < -0.4 is 15.8 Å². The van der Waals surface area contributed by atoms with Crippen molar-refractivity contribution in [3.8, 4) is 5.75 Å². The summed E-state index contributed by atoms with van der Waals surface area (Å²) in [5, 5.41) is 2.52. The van der Waals surface area contributed by atoms with Gasteiger partial charge in [-0.05, 0) is 13.0 Å². The Morgan fingerprint density at radius 3 is 2.71 bits per heavy atom. The van der Waals surface area contributed by atoms with Gasteiger partial charge in [0, 0.05) is 12.1 Å². The Balaban J connectivity index is 2.67. The van der Waals surface area contributed by atoms with Gasteiger partial charge in [0.25, 0.3) is 0 Å². The number of rotatable bonds is 5. The lowest BCUT2D eigenvalue weighted by Gasteiger charge is -2.12. The zero-order chi connectivity index (χ0) is 12.8. The molecule has 4 nitrogen and oxygen atoms in total. The van der Waals surface area contributed by atoms with Crippen molar-refractivity contribution in [2.45, 2.75) is 26.1 Å². The van der Waals surface area contributed by atoms with E-state index in [1.165, 1.54) is 13.0 Å². The number of benzene rings is 1. The first-order chi connectivity index (χ1) is 8.00. The summed E-state index contributed by atoms with van der Waals surface area (Å²) in [6.07, 6.45) is 0. The van der Waals surface area contributed by atoms with E-state index in [1.54, 1.807) is 18.2 Å². The van der Waals surface area contributed by atoms with Crippen molar-refractivity contribution in [1.29, 1.82) is 0 Å². The number of para-hydroxylation sites is 1. The van der Waals surface area contributed by atoms with Crippen molar-refractivity contribution in [3.63, 3.8) is 0 Å². The summed E-state index contributed by atoms with van der Waals surface area (Å²) >= 11 is 0. The number of halogens is 2. The first kappa shape index (κ1) is 13.4. The number of ether oxygens (including phenoxy) is 1. The highest BCUT2D eigenvalue weighted by atomic mass is 19.3. The van der Waals surface area contributed by atoms with Crippen molar-refractivity contribution < 1.29 is 18.3 Å². The van der Waals surface area contributed by atoms with Gasteiger partial charge in [-0.25, -0.2) is 0 Å². The lowest BCUT2D eigenvalue weighted by Crippen LogP contribution is -2.37. The molecular formula is C11H14F2N2O2. The Bertz CT molecular complexity index is 383. The molecular weight excluding hydrogens is 230 g/mol. The van der Waals surface area contributed by atoms with Crippen LogP contribution in [0.4, 0.5) is 8.78 Å². The van der Waals surface area contributed by atoms with Gasteiger partial charge in [0.2, 0.25) is 5.91 Å². The predicted octanol–water partition coefficient (Wildman–Crippen LogP) is 1.25. The average Bonchev–Trinajstić information content (AvgIpc) is 2.26. The third-order valence-corrected chi connectivity index (χ3v) is 2.06. The Morgan fingerprint density at radius 1 is 1.47 bits per heavy atom. The lowest BCUT2D eigenvalue weighted by molar-refractivity contribution is -0.122. The van der Waals surface area contributed by atoms with E-state index in [-0.39, 0.29) is 18.2 Å². The molecule has 0 bridgehead atoms. The molecule has 0 radical (unpaired) electrons. The molecule has 0 spiro atoms. The van der Waals surface area contributed by atoms with Crippen LogP contribution >= 0.6 is 0 Å². The number of alkyl halides is 2. The van der Waals surface area contributed by atoms with Crippen LogP contribution in [0.3, 0.4) is 0 Å². The maximum absolute atomic E-state index is 12.1. The molecule has 6 heteroatoms. The molecule has 1 aromatic carbocycles. The summed E-state index contributed by atoms with van der Waals surface area (Å²) in [6, 6.07) is 5.62. The monoisotopic (exact) mass is 244 g/mol. The van der Waals surface area contributed by atoms with E-state index >= 15 is 0 Å². The smallest absolute Gasteiger partial charge is 0.387 e. The number of carbonyl (C=O) groups excluding carboxylic acids is 1. The van der Waals surface area contributed by atoms with Crippen molar-refractivity contribution in [2.75, 3.05) is 0 Å². The van der Waals surface area contributed by atoms with E-state index in [0.29, 0.717) is 5.56 Å². The Kier molecular flexibility index (Phi) is 4.84. The molecule has 17 heavy (non-hydrogen) atoms. The van der Waals surface area contributed by atoms with Crippen LogP contribution in [0.5, 0.6) is 5.75 Å². The van der Waals surface area contributed by atoms with E-state index in [2.05, 4.69) is 10.1 Å². The summed E-state index contributed by atoms with van der Waals surface area (Å²) in [4.78, 5) is 11.2. The van der Waals surface area contributed by atoms with E-state index < -0.39 is 12.7 Å². The number of carbonyl (C=O) groups is 1.